The maximum atomic E-state index is 12.8. The van der Waals surface area contributed by atoms with Crippen LogP contribution in [-0.4, -0.2) is 46.3 Å². The van der Waals surface area contributed by atoms with Crippen LogP contribution in [0.3, 0.4) is 0 Å². The summed E-state index contributed by atoms with van der Waals surface area (Å²) in [5, 5.41) is 2.72. The normalized spacial score (nSPS) is 18.5. The number of carbonyl (C=O) groups is 1. The summed E-state index contributed by atoms with van der Waals surface area (Å²) >= 11 is 0. The van der Waals surface area contributed by atoms with Crippen molar-refractivity contribution in [3.05, 3.63) is 30.6 Å². The Morgan fingerprint density at radius 1 is 1.32 bits per heavy atom. The first-order valence-electron chi connectivity index (χ1n) is 8.44. The highest BCUT2D eigenvalue weighted by molar-refractivity contribution is 5.75. The molecule has 136 valence electrons. The van der Waals surface area contributed by atoms with Gasteiger partial charge in [0.05, 0.1) is 23.3 Å². The van der Waals surface area contributed by atoms with Gasteiger partial charge in [-0.1, -0.05) is 12.1 Å². The summed E-state index contributed by atoms with van der Waals surface area (Å²) in [7, 11) is 0. The van der Waals surface area contributed by atoms with Crippen LogP contribution < -0.4 is 5.32 Å². The quantitative estimate of drug-likeness (QED) is 0.856. The Kier molecular flexibility index (Phi) is 5.15. The van der Waals surface area contributed by atoms with Crippen LogP contribution in [0.1, 0.15) is 19.3 Å². The molecule has 2 heterocycles. The highest BCUT2D eigenvalue weighted by atomic mass is 19.4. The molecule has 1 aliphatic rings. The monoisotopic (exact) mass is 354 g/mol. The summed E-state index contributed by atoms with van der Waals surface area (Å²) in [6.45, 7) is 1.23. The van der Waals surface area contributed by atoms with Gasteiger partial charge in [0.25, 0.3) is 0 Å². The predicted molar refractivity (Wildman–Crippen MR) is 88.1 cm³/mol. The molecule has 0 bridgehead atoms. The lowest BCUT2D eigenvalue weighted by Crippen LogP contribution is -2.48. The van der Waals surface area contributed by atoms with Crippen LogP contribution in [0.5, 0.6) is 0 Å². The molecular formula is C17H21F3N4O. The Labute approximate surface area is 143 Å². The zero-order valence-corrected chi connectivity index (χ0v) is 13.8. The number of nitrogens with zero attached hydrogens (tertiary/aromatic N) is 3. The van der Waals surface area contributed by atoms with Crippen LogP contribution >= 0.6 is 0 Å². The largest absolute Gasteiger partial charge is 0.393 e. The number of urea groups is 1. The molecule has 0 aliphatic carbocycles. The first-order valence-corrected chi connectivity index (χ1v) is 8.44. The van der Waals surface area contributed by atoms with E-state index < -0.39 is 18.1 Å². The fourth-order valence-electron chi connectivity index (χ4n) is 3.17. The van der Waals surface area contributed by atoms with Crippen LogP contribution in [0, 0.1) is 5.92 Å². The Hall–Kier alpha value is -2.25. The molecule has 0 saturated carbocycles. The summed E-state index contributed by atoms with van der Waals surface area (Å²) < 4.78 is 40.4. The molecule has 25 heavy (non-hydrogen) atoms. The third kappa shape index (κ3) is 4.24. The molecule has 0 spiro atoms. The van der Waals surface area contributed by atoms with Gasteiger partial charge in [0, 0.05) is 26.2 Å². The van der Waals surface area contributed by atoms with E-state index in [-0.39, 0.29) is 13.0 Å². The number of benzene rings is 1. The van der Waals surface area contributed by atoms with E-state index in [1.807, 2.05) is 28.8 Å². The number of para-hydroxylation sites is 2. The van der Waals surface area contributed by atoms with Gasteiger partial charge in [-0.25, -0.2) is 9.78 Å². The van der Waals surface area contributed by atoms with Gasteiger partial charge in [0.1, 0.15) is 0 Å². The molecule has 1 unspecified atom stereocenters. The average molecular weight is 354 g/mol. The number of hydrogen-bond donors (Lipinski definition) is 1. The number of piperidine rings is 1. The van der Waals surface area contributed by atoms with E-state index in [0.717, 1.165) is 11.0 Å². The molecule has 3 rings (SSSR count). The molecule has 1 saturated heterocycles. The first kappa shape index (κ1) is 17.6. The Morgan fingerprint density at radius 3 is 2.92 bits per heavy atom. The smallest absolute Gasteiger partial charge is 0.338 e. The van der Waals surface area contributed by atoms with Gasteiger partial charge < -0.3 is 14.8 Å². The molecule has 2 aromatic rings. The number of aryl methyl sites for hydroxylation is 1. The van der Waals surface area contributed by atoms with Gasteiger partial charge in [0.15, 0.2) is 0 Å². The number of rotatable bonds is 4. The van der Waals surface area contributed by atoms with Crippen LogP contribution in [0.4, 0.5) is 18.0 Å². The van der Waals surface area contributed by atoms with Gasteiger partial charge in [0.2, 0.25) is 0 Å². The molecule has 1 aromatic carbocycles. The fourth-order valence-corrected chi connectivity index (χ4v) is 3.17. The van der Waals surface area contributed by atoms with Crippen molar-refractivity contribution in [3.8, 4) is 0 Å². The molecule has 1 aliphatic heterocycles. The topological polar surface area (TPSA) is 50.2 Å². The zero-order chi connectivity index (χ0) is 17.9. The highest BCUT2D eigenvalue weighted by Gasteiger charge is 2.42. The van der Waals surface area contributed by atoms with Gasteiger partial charge >= 0.3 is 12.2 Å². The van der Waals surface area contributed by atoms with Crippen molar-refractivity contribution < 1.29 is 18.0 Å². The minimum atomic E-state index is -4.23. The third-order valence-electron chi connectivity index (χ3n) is 4.55. The number of aromatic nitrogens is 2. The molecule has 2 amide bonds. The maximum Gasteiger partial charge on any atom is 0.393 e. The average Bonchev–Trinajstić information content (AvgIpc) is 3.01. The van der Waals surface area contributed by atoms with Crippen molar-refractivity contribution in [1.29, 1.82) is 0 Å². The molecule has 1 fully saturated rings. The van der Waals surface area contributed by atoms with Crippen molar-refractivity contribution in [2.45, 2.75) is 32.0 Å². The fraction of sp³-hybridized carbons (Fsp3) is 0.529. The van der Waals surface area contributed by atoms with Gasteiger partial charge in [-0.3, -0.25) is 0 Å². The standard InChI is InChI=1S/C17H21F3N4O/c18-17(19,20)13-5-3-9-23(11-13)16(25)21-8-4-10-24-12-22-14-6-1-2-7-15(14)24/h1-2,6-7,12-13H,3-5,8-11H2,(H,21,25). The van der Waals surface area contributed by atoms with E-state index in [4.69, 9.17) is 0 Å². The number of fused-ring (bicyclic) bond motifs is 1. The number of nitrogens with one attached hydrogen (secondary N) is 1. The van der Waals surface area contributed by atoms with Gasteiger partial charge in [-0.05, 0) is 31.4 Å². The number of imidazole rings is 1. The second kappa shape index (κ2) is 7.33. The lowest BCUT2D eigenvalue weighted by Gasteiger charge is -2.33. The molecule has 8 heteroatoms. The molecular weight excluding hydrogens is 333 g/mol. The highest BCUT2D eigenvalue weighted by Crippen LogP contribution is 2.33. The number of carbonyl (C=O) groups excluding carboxylic acids is 1. The van der Waals surface area contributed by atoms with Crippen molar-refractivity contribution in [2.24, 2.45) is 5.92 Å². The second-order valence-corrected chi connectivity index (χ2v) is 6.34. The zero-order valence-electron chi connectivity index (χ0n) is 13.8. The maximum absolute atomic E-state index is 12.8. The minimum Gasteiger partial charge on any atom is -0.338 e. The number of alkyl halides is 3. The summed E-state index contributed by atoms with van der Waals surface area (Å²) in [6, 6.07) is 7.36. The predicted octanol–water partition coefficient (Wildman–Crippen LogP) is 3.41. The van der Waals surface area contributed by atoms with E-state index in [1.165, 1.54) is 4.90 Å². The van der Waals surface area contributed by atoms with E-state index in [1.54, 1.807) is 6.33 Å². The molecule has 5 nitrogen and oxygen atoms in total. The van der Waals surface area contributed by atoms with Gasteiger partial charge in [-0.2, -0.15) is 13.2 Å². The number of amides is 2. The SMILES string of the molecule is O=C(NCCCn1cnc2ccccc21)N1CCCC(C(F)(F)F)C1. The lowest BCUT2D eigenvalue weighted by atomic mass is 9.98. The van der Waals surface area contributed by atoms with Crippen molar-refractivity contribution in [1.82, 2.24) is 19.8 Å². The van der Waals surface area contributed by atoms with E-state index in [2.05, 4.69) is 10.3 Å². The van der Waals surface area contributed by atoms with Crippen LogP contribution in [-0.2, 0) is 6.54 Å². The summed E-state index contributed by atoms with van der Waals surface area (Å²) in [5.41, 5.74) is 1.94. The molecule has 0 radical (unpaired) electrons. The molecule has 1 aromatic heterocycles. The number of halogens is 3. The Morgan fingerprint density at radius 2 is 2.12 bits per heavy atom. The lowest BCUT2D eigenvalue weighted by molar-refractivity contribution is -0.183. The van der Waals surface area contributed by atoms with Crippen molar-refractivity contribution >= 4 is 17.1 Å². The van der Waals surface area contributed by atoms with Crippen molar-refractivity contribution in [3.63, 3.8) is 0 Å². The van der Waals surface area contributed by atoms with Gasteiger partial charge in [-0.15, -0.1) is 0 Å². The second-order valence-electron chi connectivity index (χ2n) is 6.34. The van der Waals surface area contributed by atoms with Crippen molar-refractivity contribution in [2.75, 3.05) is 19.6 Å². The van der Waals surface area contributed by atoms with E-state index >= 15 is 0 Å². The molecule has 1 atom stereocenters. The van der Waals surface area contributed by atoms with Crippen LogP contribution in [0.15, 0.2) is 30.6 Å². The van der Waals surface area contributed by atoms with Crippen LogP contribution in [0.2, 0.25) is 0 Å². The van der Waals surface area contributed by atoms with E-state index in [0.29, 0.717) is 32.5 Å². The summed E-state index contributed by atoms with van der Waals surface area (Å²) in [5.74, 6) is -1.41. The van der Waals surface area contributed by atoms with Crippen LogP contribution in [0.25, 0.3) is 11.0 Å². The minimum absolute atomic E-state index is 0.0982. The summed E-state index contributed by atoms with van der Waals surface area (Å²) in [4.78, 5) is 17.6. The third-order valence-corrected chi connectivity index (χ3v) is 4.55. The summed E-state index contributed by atoms with van der Waals surface area (Å²) in [6.07, 6.45) is -1.31. The molecule has 1 N–H and O–H groups in total. The first-order chi connectivity index (χ1) is 11.9. The Balaban J connectivity index is 1.45. The Bertz CT molecular complexity index is 728. The number of likely N-dealkylation sites (tertiary alicyclic amines) is 1. The number of hydrogen-bond acceptors (Lipinski definition) is 2. The van der Waals surface area contributed by atoms with E-state index in [9.17, 15) is 18.0 Å².